The summed E-state index contributed by atoms with van der Waals surface area (Å²) < 4.78 is 11.3. The monoisotopic (exact) mass is 399 g/mol. The van der Waals surface area contributed by atoms with Crippen molar-refractivity contribution >= 4 is 11.6 Å². The third-order valence-electron chi connectivity index (χ3n) is 4.54. The summed E-state index contributed by atoms with van der Waals surface area (Å²) in [5, 5.41) is 10.6. The lowest BCUT2D eigenvalue weighted by molar-refractivity contribution is -0.123. The van der Waals surface area contributed by atoms with E-state index in [0.29, 0.717) is 11.6 Å². The topological polar surface area (TPSA) is 77.2 Å². The largest absolute Gasteiger partial charge is 0.476 e. The number of amides is 1. The van der Waals surface area contributed by atoms with E-state index in [9.17, 15) is 4.79 Å². The normalized spacial score (nSPS) is 11.7. The smallest absolute Gasteiger partial charge is 0.270 e. The number of anilines is 1. The lowest BCUT2D eigenvalue weighted by Crippen LogP contribution is -2.25. The molecule has 1 N–H and O–H groups in total. The zero-order valence-electron chi connectivity index (χ0n) is 16.7. The second-order valence-corrected chi connectivity index (χ2v) is 7.04. The van der Waals surface area contributed by atoms with E-state index < -0.39 is 6.10 Å². The quantitative estimate of drug-likeness (QED) is 0.487. The van der Waals surface area contributed by atoms with Crippen LogP contribution in [0.1, 0.15) is 22.8 Å². The van der Waals surface area contributed by atoms with Crippen LogP contribution in [0.15, 0.2) is 83.6 Å². The molecule has 0 unspecified atom stereocenters. The van der Waals surface area contributed by atoms with Crippen LogP contribution in [0, 0.1) is 13.8 Å². The highest BCUT2D eigenvalue weighted by atomic mass is 16.5. The Morgan fingerprint density at radius 3 is 2.30 bits per heavy atom. The molecule has 0 aliphatic carbocycles. The van der Waals surface area contributed by atoms with Crippen molar-refractivity contribution in [2.45, 2.75) is 20.0 Å². The molecule has 150 valence electrons. The number of benzene rings is 3. The predicted molar refractivity (Wildman–Crippen MR) is 114 cm³/mol. The number of nitrogens with one attached hydrogen (secondary N) is 1. The van der Waals surface area contributed by atoms with E-state index in [1.54, 1.807) is 12.1 Å². The van der Waals surface area contributed by atoms with E-state index in [-0.39, 0.29) is 5.91 Å². The molecule has 1 heterocycles. The SMILES string of the molecule is Cc1cc(C)cc(NC(=O)[C@H](Oc2ccc(-c3nnco3)cc2)c2ccccc2)c1. The molecule has 1 amide bonds. The summed E-state index contributed by atoms with van der Waals surface area (Å²) in [6.07, 6.45) is 0.476. The van der Waals surface area contributed by atoms with Gasteiger partial charge >= 0.3 is 0 Å². The summed E-state index contributed by atoms with van der Waals surface area (Å²) in [4.78, 5) is 13.1. The number of hydrogen-bond acceptors (Lipinski definition) is 5. The van der Waals surface area contributed by atoms with Crippen molar-refractivity contribution in [2.75, 3.05) is 5.32 Å². The van der Waals surface area contributed by atoms with Crippen LogP contribution in [-0.2, 0) is 4.79 Å². The molecule has 3 aromatic carbocycles. The Morgan fingerprint density at radius 2 is 1.67 bits per heavy atom. The van der Waals surface area contributed by atoms with Gasteiger partial charge in [-0.15, -0.1) is 10.2 Å². The van der Waals surface area contributed by atoms with Gasteiger partial charge < -0.3 is 14.5 Å². The maximum atomic E-state index is 13.1. The first-order valence-corrected chi connectivity index (χ1v) is 9.56. The van der Waals surface area contributed by atoms with Crippen LogP contribution in [0.25, 0.3) is 11.5 Å². The highest BCUT2D eigenvalue weighted by Gasteiger charge is 2.23. The molecule has 4 rings (SSSR count). The van der Waals surface area contributed by atoms with Crippen molar-refractivity contribution in [3.05, 3.63) is 95.9 Å². The van der Waals surface area contributed by atoms with Crippen LogP contribution < -0.4 is 10.1 Å². The number of rotatable bonds is 6. The lowest BCUT2D eigenvalue weighted by atomic mass is 10.1. The van der Waals surface area contributed by atoms with E-state index in [1.165, 1.54) is 6.39 Å². The molecule has 0 bridgehead atoms. The Hall–Kier alpha value is -3.93. The average Bonchev–Trinajstić information content (AvgIpc) is 3.27. The van der Waals surface area contributed by atoms with Gasteiger partial charge in [0, 0.05) is 16.8 Å². The van der Waals surface area contributed by atoms with E-state index in [2.05, 4.69) is 21.6 Å². The Kier molecular flexibility index (Phi) is 5.57. The summed E-state index contributed by atoms with van der Waals surface area (Å²) >= 11 is 0. The molecule has 0 fully saturated rings. The first kappa shape index (κ1) is 19.4. The summed E-state index contributed by atoms with van der Waals surface area (Å²) in [5.41, 5.74) is 4.45. The second-order valence-electron chi connectivity index (χ2n) is 7.04. The molecule has 1 aromatic heterocycles. The molecule has 0 saturated heterocycles. The van der Waals surface area contributed by atoms with Crippen molar-refractivity contribution in [3.8, 4) is 17.2 Å². The maximum Gasteiger partial charge on any atom is 0.270 e. The molecule has 4 aromatic rings. The minimum Gasteiger partial charge on any atom is -0.476 e. The third-order valence-corrected chi connectivity index (χ3v) is 4.54. The van der Waals surface area contributed by atoms with Crippen LogP contribution in [0.3, 0.4) is 0 Å². The summed E-state index contributed by atoms with van der Waals surface area (Å²) in [5.74, 6) is 0.739. The van der Waals surface area contributed by atoms with Gasteiger partial charge in [-0.3, -0.25) is 4.79 Å². The van der Waals surface area contributed by atoms with Crippen LogP contribution in [0.4, 0.5) is 5.69 Å². The van der Waals surface area contributed by atoms with E-state index in [0.717, 1.165) is 27.9 Å². The van der Waals surface area contributed by atoms with Gasteiger partial charge in [0.25, 0.3) is 5.91 Å². The van der Waals surface area contributed by atoms with Crippen molar-refractivity contribution in [1.82, 2.24) is 10.2 Å². The second kappa shape index (κ2) is 8.61. The summed E-state index contributed by atoms with van der Waals surface area (Å²) in [7, 11) is 0. The van der Waals surface area contributed by atoms with Gasteiger partial charge in [-0.25, -0.2) is 0 Å². The summed E-state index contributed by atoms with van der Waals surface area (Å²) in [6, 6.07) is 22.5. The molecule has 0 aliphatic rings. The number of aromatic nitrogens is 2. The van der Waals surface area contributed by atoms with Gasteiger partial charge in [0.1, 0.15) is 5.75 Å². The van der Waals surface area contributed by atoms with Crippen LogP contribution in [-0.4, -0.2) is 16.1 Å². The van der Waals surface area contributed by atoms with Gasteiger partial charge in [-0.1, -0.05) is 36.4 Å². The lowest BCUT2D eigenvalue weighted by Gasteiger charge is -2.20. The number of nitrogens with zero attached hydrogens (tertiary/aromatic N) is 2. The number of carbonyl (C=O) groups is 1. The number of ether oxygens (including phenoxy) is 1. The first-order chi connectivity index (χ1) is 14.6. The Morgan fingerprint density at radius 1 is 0.967 bits per heavy atom. The maximum absolute atomic E-state index is 13.1. The molecule has 0 spiro atoms. The molecule has 0 radical (unpaired) electrons. The standard InChI is InChI=1S/C24H21N3O3/c1-16-12-17(2)14-20(13-16)26-23(28)22(18-6-4-3-5-7-18)30-21-10-8-19(9-11-21)24-27-25-15-29-24/h3-15,22H,1-2H3,(H,26,28)/t22-/m1/s1. The molecule has 6 nitrogen and oxygen atoms in total. The van der Waals surface area contributed by atoms with E-state index in [4.69, 9.17) is 9.15 Å². The predicted octanol–water partition coefficient (Wildman–Crippen LogP) is 5.11. The molecule has 0 aliphatic heterocycles. The zero-order valence-corrected chi connectivity index (χ0v) is 16.7. The molecular weight excluding hydrogens is 378 g/mol. The Labute approximate surface area is 174 Å². The molecule has 1 atom stereocenters. The average molecular weight is 399 g/mol. The first-order valence-electron chi connectivity index (χ1n) is 9.56. The molecular formula is C24H21N3O3. The van der Waals surface area contributed by atoms with Crippen LogP contribution >= 0.6 is 0 Å². The fourth-order valence-corrected chi connectivity index (χ4v) is 3.27. The van der Waals surface area contributed by atoms with E-state index >= 15 is 0 Å². The highest BCUT2D eigenvalue weighted by molar-refractivity contribution is 5.95. The van der Waals surface area contributed by atoms with Gasteiger partial charge in [-0.2, -0.15) is 0 Å². The Bertz CT molecular complexity index is 1100. The zero-order chi connectivity index (χ0) is 20.9. The minimum absolute atomic E-state index is 0.243. The minimum atomic E-state index is -0.804. The highest BCUT2D eigenvalue weighted by Crippen LogP contribution is 2.26. The van der Waals surface area contributed by atoms with Gasteiger partial charge in [0.2, 0.25) is 18.4 Å². The fraction of sp³-hybridized carbons (Fsp3) is 0.125. The van der Waals surface area contributed by atoms with Crippen molar-refractivity contribution < 1.29 is 13.9 Å². The number of hydrogen-bond donors (Lipinski definition) is 1. The molecule has 30 heavy (non-hydrogen) atoms. The van der Waals surface area contributed by atoms with Crippen molar-refractivity contribution in [1.29, 1.82) is 0 Å². The van der Waals surface area contributed by atoms with Gasteiger partial charge in [0.15, 0.2) is 0 Å². The van der Waals surface area contributed by atoms with E-state index in [1.807, 2.05) is 68.4 Å². The van der Waals surface area contributed by atoms with Crippen LogP contribution in [0.2, 0.25) is 0 Å². The summed E-state index contributed by atoms with van der Waals surface area (Å²) in [6.45, 7) is 4.00. The molecule has 0 saturated carbocycles. The van der Waals surface area contributed by atoms with Gasteiger partial charge in [0.05, 0.1) is 0 Å². The molecule has 6 heteroatoms. The van der Waals surface area contributed by atoms with Crippen molar-refractivity contribution in [3.63, 3.8) is 0 Å². The number of aryl methyl sites for hydroxylation is 2. The van der Waals surface area contributed by atoms with Gasteiger partial charge in [-0.05, 0) is 61.4 Å². The van der Waals surface area contributed by atoms with Crippen LogP contribution in [0.5, 0.6) is 5.75 Å². The van der Waals surface area contributed by atoms with Crippen molar-refractivity contribution in [2.24, 2.45) is 0 Å². The number of carbonyl (C=O) groups excluding carboxylic acids is 1. The Balaban J connectivity index is 1.58. The fourth-order valence-electron chi connectivity index (χ4n) is 3.27. The third kappa shape index (κ3) is 4.55.